The molecule has 21 heavy (non-hydrogen) atoms. The van der Waals surface area contributed by atoms with Crippen LogP contribution in [0.4, 0.5) is 0 Å². The highest BCUT2D eigenvalue weighted by Gasteiger charge is 2.11. The van der Waals surface area contributed by atoms with E-state index in [2.05, 4.69) is 17.5 Å². The molecule has 5 heteroatoms. The summed E-state index contributed by atoms with van der Waals surface area (Å²) in [5.74, 6) is 1.29. The van der Waals surface area contributed by atoms with E-state index in [1.54, 1.807) is 18.2 Å². The minimum Gasteiger partial charge on any atom is -0.491 e. The van der Waals surface area contributed by atoms with Gasteiger partial charge in [-0.2, -0.15) is 0 Å². The summed E-state index contributed by atoms with van der Waals surface area (Å²) in [5.41, 5.74) is 0. The van der Waals surface area contributed by atoms with Crippen molar-refractivity contribution in [2.75, 3.05) is 19.7 Å². The van der Waals surface area contributed by atoms with Crippen LogP contribution in [0.1, 0.15) is 19.3 Å². The SMILES string of the molecule is OC(CNCC1CC=CCC1)COc1ccc(Cl)c(Cl)c1. The van der Waals surface area contributed by atoms with E-state index < -0.39 is 6.10 Å². The van der Waals surface area contributed by atoms with Crippen molar-refractivity contribution in [1.29, 1.82) is 0 Å². The molecule has 1 aliphatic carbocycles. The van der Waals surface area contributed by atoms with Gasteiger partial charge in [0.15, 0.2) is 0 Å². The van der Waals surface area contributed by atoms with Gasteiger partial charge in [-0.3, -0.25) is 0 Å². The molecule has 2 N–H and O–H groups in total. The Morgan fingerprint density at radius 3 is 2.86 bits per heavy atom. The van der Waals surface area contributed by atoms with Gasteiger partial charge in [0.1, 0.15) is 18.5 Å². The van der Waals surface area contributed by atoms with Gasteiger partial charge >= 0.3 is 0 Å². The van der Waals surface area contributed by atoms with Crippen molar-refractivity contribution in [2.24, 2.45) is 5.92 Å². The molecule has 2 rings (SSSR count). The van der Waals surface area contributed by atoms with Crippen molar-refractivity contribution in [3.8, 4) is 5.75 Å². The fraction of sp³-hybridized carbons (Fsp3) is 0.500. The number of aliphatic hydroxyl groups is 1. The Morgan fingerprint density at radius 2 is 2.14 bits per heavy atom. The molecule has 3 nitrogen and oxygen atoms in total. The Kier molecular flexibility index (Phi) is 6.84. The van der Waals surface area contributed by atoms with Gasteiger partial charge < -0.3 is 15.2 Å². The fourth-order valence-electron chi connectivity index (χ4n) is 2.31. The van der Waals surface area contributed by atoms with Crippen LogP contribution in [0.25, 0.3) is 0 Å². The van der Waals surface area contributed by atoms with Gasteiger partial charge in [0, 0.05) is 12.6 Å². The monoisotopic (exact) mass is 329 g/mol. The lowest BCUT2D eigenvalue weighted by Crippen LogP contribution is -2.34. The van der Waals surface area contributed by atoms with E-state index in [1.807, 2.05) is 0 Å². The van der Waals surface area contributed by atoms with E-state index in [0.29, 0.717) is 28.3 Å². The topological polar surface area (TPSA) is 41.5 Å². The standard InChI is InChI=1S/C16H21Cl2NO2/c17-15-7-6-14(8-16(15)18)21-11-13(20)10-19-9-12-4-2-1-3-5-12/h1-2,6-8,12-13,19-20H,3-5,9-11H2. The molecule has 2 atom stereocenters. The van der Waals surface area contributed by atoms with Crippen LogP contribution >= 0.6 is 23.2 Å². The maximum atomic E-state index is 9.90. The third kappa shape index (κ3) is 5.87. The van der Waals surface area contributed by atoms with Crippen molar-refractivity contribution in [2.45, 2.75) is 25.4 Å². The lowest BCUT2D eigenvalue weighted by atomic mass is 9.94. The molecular weight excluding hydrogens is 309 g/mol. The molecule has 0 radical (unpaired) electrons. The number of rotatable bonds is 7. The Hall–Kier alpha value is -0.740. The molecule has 0 saturated carbocycles. The number of benzene rings is 1. The summed E-state index contributed by atoms with van der Waals surface area (Å²) < 4.78 is 5.50. The van der Waals surface area contributed by atoms with Crippen LogP contribution in [0.15, 0.2) is 30.4 Å². The highest BCUT2D eigenvalue weighted by molar-refractivity contribution is 6.42. The molecule has 1 aliphatic rings. The van der Waals surface area contributed by atoms with E-state index in [-0.39, 0.29) is 6.61 Å². The predicted molar refractivity (Wildman–Crippen MR) is 87.3 cm³/mol. The van der Waals surface area contributed by atoms with Gasteiger partial charge in [-0.15, -0.1) is 0 Å². The molecule has 0 aromatic heterocycles. The van der Waals surface area contributed by atoms with Crippen molar-refractivity contribution in [3.05, 3.63) is 40.4 Å². The molecule has 0 saturated heterocycles. The molecule has 0 spiro atoms. The molecular formula is C16H21Cl2NO2. The molecule has 0 fully saturated rings. The Bertz CT molecular complexity index is 479. The van der Waals surface area contributed by atoms with E-state index in [0.717, 1.165) is 19.4 Å². The van der Waals surface area contributed by atoms with Crippen molar-refractivity contribution in [3.63, 3.8) is 0 Å². The molecule has 2 unspecified atom stereocenters. The van der Waals surface area contributed by atoms with Crippen LogP contribution < -0.4 is 10.1 Å². The van der Waals surface area contributed by atoms with Gasteiger partial charge in [-0.25, -0.2) is 0 Å². The van der Waals surface area contributed by atoms with Crippen molar-refractivity contribution in [1.82, 2.24) is 5.32 Å². The first-order chi connectivity index (χ1) is 10.1. The van der Waals surface area contributed by atoms with Gasteiger partial charge in [-0.1, -0.05) is 35.4 Å². The number of hydrogen-bond donors (Lipinski definition) is 2. The second kappa shape index (κ2) is 8.64. The number of allylic oxidation sites excluding steroid dienone is 2. The number of aliphatic hydroxyl groups excluding tert-OH is 1. The molecule has 0 heterocycles. The second-order valence-corrected chi connectivity index (χ2v) is 6.16. The van der Waals surface area contributed by atoms with Gasteiger partial charge in [0.05, 0.1) is 10.0 Å². The summed E-state index contributed by atoms with van der Waals surface area (Å²) in [5, 5.41) is 14.1. The zero-order chi connectivity index (χ0) is 15.1. The number of hydrogen-bond acceptors (Lipinski definition) is 3. The summed E-state index contributed by atoms with van der Waals surface area (Å²) >= 11 is 11.7. The number of halogens is 2. The van der Waals surface area contributed by atoms with Crippen LogP contribution in [-0.4, -0.2) is 30.9 Å². The predicted octanol–water partition coefficient (Wildman–Crippen LogP) is 3.68. The quantitative estimate of drug-likeness (QED) is 0.750. The molecule has 1 aromatic carbocycles. The average molecular weight is 330 g/mol. The van der Waals surface area contributed by atoms with Crippen molar-refractivity contribution < 1.29 is 9.84 Å². The van der Waals surface area contributed by atoms with E-state index in [9.17, 15) is 5.11 Å². The van der Waals surface area contributed by atoms with Gasteiger partial charge in [-0.05, 0) is 43.9 Å². The summed E-state index contributed by atoms with van der Waals surface area (Å²) in [4.78, 5) is 0. The Morgan fingerprint density at radius 1 is 1.29 bits per heavy atom. The van der Waals surface area contributed by atoms with Gasteiger partial charge in [0.2, 0.25) is 0 Å². The molecule has 0 bridgehead atoms. The smallest absolute Gasteiger partial charge is 0.121 e. The second-order valence-electron chi connectivity index (χ2n) is 5.35. The molecule has 1 aromatic rings. The summed E-state index contributed by atoms with van der Waals surface area (Å²) in [7, 11) is 0. The summed E-state index contributed by atoms with van der Waals surface area (Å²) in [6, 6.07) is 5.07. The zero-order valence-electron chi connectivity index (χ0n) is 11.9. The normalized spacial score (nSPS) is 19.5. The Labute approximate surface area is 135 Å². The lowest BCUT2D eigenvalue weighted by molar-refractivity contribution is 0.105. The largest absolute Gasteiger partial charge is 0.491 e. The first-order valence-electron chi connectivity index (χ1n) is 7.27. The van der Waals surface area contributed by atoms with Crippen molar-refractivity contribution >= 4 is 23.2 Å². The highest BCUT2D eigenvalue weighted by Crippen LogP contribution is 2.26. The molecule has 116 valence electrons. The van der Waals surface area contributed by atoms with Crippen LogP contribution in [0.3, 0.4) is 0 Å². The van der Waals surface area contributed by atoms with E-state index >= 15 is 0 Å². The van der Waals surface area contributed by atoms with E-state index in [4.69, 9.17) is 27.9 Å². The summed E-state index contributed by atoms with van der Waals surface area (Å²) in [6.45, 7) is 1.70. The maximum absolute atomic E-state index is 9.90. The fourth-order valence-corrected chi connectivity index (χ4v) is 2.60. The van der Waals surface area contributed by atoms with Crippen LogP contribution in [0, 0.1) is 5.92 Å². The van der Waals surface area contributed by atoms with Crippen LogP contribution in [0.5, 0.6) is 5.75 Å². The third-order valence-corrected chi connectivity index (χ3v) is 4.26. The first kappa shape index (κ1) is 16.6. The number of nitrogens with one attached hydrogen (secondary N) is 1. The average Bonchev–Trinajstić information content (AvgIpc) is 2.49. The maximum Gasteiger partial charge on any atom is 0.121 e. The molecule has 0 aliphatic heterocycles. The van der Waals surface area contributed by atoms with E-state index in [1.165, 1.54) is 6.42 Å². The summed E-state index contributed by atoms with van der Waals surface area (Å²) in [6.07, 6.45) is 7.44. The third-order valence-electron chi connectivity index (χ3n) is 3.52. The minimum atomic E-state index is -0.543. The zero-order valence-corrected chi connectivity index (χ0v) is 13.4. The van der Waals surface area contributed by atoms with Crippen LogP contribution in [-0.2, 0) is 0 Å². The minimum absolute atomic E-state index is 0.232. The highest BCUT2D eigenvalue weighted by atomic mass is 35.5. The lowest BCUT2D eigenvalue weighted by Gasteiger charge is -2.19. The molecule has 0 amide bonds. The van der Waals surface area contributed by atoms with Crippen LogP contribution in [0.2, 0.25) is 10.0 Å². The number of ether oxygens (including phenoxy) is 1. The van der Waals surface area contributed by atoms with Gasteiger partial charge in [0.25, 0.3) is 0 Å². The first-order valence-corrected chi connectivity index (χ1v) is 8.02. The Balaban J connectivity index is 1.63.